The van der Waals surface area contributed by atoms with Crippen molar-refractivity contribution in [1.29, 1.82) is 0 Å². The molecule has 1 aliphatic carbocycles. The number of anilines is 2. The van der Waals surface area contributed by atoms with Crippen molar-refractivity contribution in [3.8, 4) is 5.75 Å². The maximum atomic E-state index is 11.8. The predicted octanol–water partition coefficient (Wildman–Crippen LogP) is 5.83. The first-order valence-electron chi connectivity index (χ1n) is 12.1. The number of aliphatic carboxylic acids is 1. The van der Waals surface area contributed by atoms with Gasteiger partial charge < -0.3 is 20.9 Å². The lowest BCUT2D eigenvalue weighted by molar-refractivity contribution is -0.142. The summed E-state index contributed by atoms with van der Waals surface area (Å²) in [6.45, 7) is 5.32. The molecule has 1 aliphatic rings. The quantitative estimate of drug-likeness (QED) is 0.261. The van der Waals surface area contributed by atoms with Crippen LogP contribution in [0.15, 0.2) is 77.6 Å². The Kier molecular flexibility index (Phi) is 7.38. The fourth-order valence-corrected chi connectivity index (χ4v) is 3.78. The molecule has 1 heterocycles. The van der Waals surface area contributed by atoms with Gasteiger partial charge in [-0.15, -0.1) is 0 Å². The Morgan fingerprint density at radius 1 is 1.17 bits per heavy atom. The van der Waals surface area contributed by atoms with E-state index in [4.69, 9.17) is 10.5 Å². The highest BCUT2D eigenvalue weighted by atomic mass is 16.5. The van der Waals surface area contributed by atoms with Crippen molar-refractivity contribution in [3.63, 3.8) is 0 Å². The summed E-state index contributed by atoms with van der Waals surface area (Å²) in [5.74, 6) is 0.712. The molecule has 1 saturated carbocycles. The van der Waals surface area contributed by atoms with Crippen LogP contribution in [0, 0.1) is 6.92 Å². The minimum atomic E-state index is -1.02. The zero-order valence-electron chi connectivity index (χ0n) is 20.9. The summed E-state index contributed by atoms with van der Waals surface area (Å²) in [6.07, 6.45) is 6.72. The molecule has 0 atom stereocenters. The second-order valence-electron chi connectivity index (χ2n) is 9.63. The minimum Gasteiger partial charge on any atom is -0.481 e. The predicted molar refractivity (Wildman–Crippen MR) is 144 cm³/mol. The zero-order valence-corrected chi connectivity index (χ0v) is 20.9. The van der Waals surface area contributed by atoms with E-state index >= 15 is 0 Å². The topological polar surface area (TPSA) is 110 Å². The molecule has 36 heavy (non-hydrogen) atoms. The van der Waals surface area contributed by atoms with E-state index < -0.39 is 11.4 Å². The molecule has 7 nitrogen and oxygen atoms in total. The maximum absolute atomic E-state index is 11.8. The van der Waals surface area contributed by atoms with Crippen LogP contribution in [-0.2, 0) is 10.2 Å². The second kappa shape index (κ2) is 10.6. The molecule has 186 valence electrons. The number of aromatic nitrogens is 1. The number of carboxylic acids is 1. The first-order chi connectivity index (χ1) is 17.2. The third-order valence-electron chi connectivity index (χ3n) is 6.39. The molecular weight excluding hydrogens is 452 g/mol. The van der Waals surface area contributed by atoms with E-state index in [0.717, 1.165) is 29.7 Å². The van der Waals surface area contributed by atoms with Gasteiger partial charge in [0.1, 0.15) is 11.6 Å². The number of aliphatic imine (C=N–C) groups is 1. The highest BCUT2D eigenvalue weighted by molar-refractivity contribution is 5.88. The summed E-state index contributed by atoms with van der Waals surface area (Å²) in [4.78, 5) is 20.8. The van der Waals surface area contributed by atoms with Gasteiger partial charge in [0, 0.05) is 23.5 Å². The van der Waals surface area contributed by atoms with Crippen LogP contribution in [0.25, 0.3) is 5.70 Å². The van der Waals surface area contributed by atoms with Gasteiger partial charge in [-0.1, -0.05) is 36.4 Å². The number of aryl methyl sites for hydroxylation is 1. The van der Waals surface area contributed by atoms with E-state index in [1.54, 1.807) is 38.4 Å². The standard InChI is InChI=1S/C29H32N4O3/c1-19-14-21(29(2,3)28(34)35)16-23(15-19)33-26-17-24(12-13-31-26)36-25(18-32-22-10-7-11-22)27(30)20-8-5-4-6-9-20/h4-6,8-9,12-18,22H,7,10-11,30H2,1-3H3,(H,31,33)(H,34,35)/b27-25+,32-18?. The Morgan fingerprint density at radius 2 is 1.92 bits per heavy atom. The number of benzene rings is 2. The fraction of sp³-hybridized carbons (Fsp3) is 0.276. The van der Waals surface area contributed by atoms with Crippen LogP contribution in [0.1, 0.15) is 49.8 Å². The molecule has 4 rings (SSSR count). The Balaban J connectivity index is 1.60. The number of hydrogen-bond donors (Lipinski definition) is 3. The van der Waals surface area contributed by atoms with Crippen LogP contribution < -0.4 is 15.8 Å². The molecule has 0 radical (unpaired) electrons. The minimum absolute atomic E-state index is 0.312. The molecule has 4 N–H and O–H groups in total. The Bertz CT molecular complexity index is 1290. The van der Waals surface area contributed by atoms with Crippen LogP contribution in [-0.4, -0.2) is 28.3 Å². The number of allylic oxidation sites excluding steroid dienone is 1. The molecule has 3 aromatic rings. The SMILES string of the molecule is Cc1cc(Nc2cc(O/C(C=NC3CCC3)=C(/N)c3ccccc3)ccn2)cc(C(C)(C)C(=O)O)c1. The van der Waals surface area contributed by atoms with Crippen LogP contribution in [0.2, 0.25) is 0 Å². The molecule has 1 fully saturated rings. The number of nitrogens with one attached hydrogen (secondary N) is 1. The van der Waals surface area contributed by atoms with Crippen molar-refractivity contribution in [2.24, 2.45) is 10.7 Å². The average molecular weight is 485 g/mol. The maximum Gasteiger partial charge on any atom is 0.313 e. The summed E-state index contributed by atoms with van der Waals surface area (Å²) in [6, 6.07) is 19.2. The molecule has 0 spiro atoms. The number of carbonyl (C=O) groups is 1. The highest BCUT2D eigenvalue weighted by Gasteiger charge is 2.30. The molecular formula is C29H32N4O3. The molecule has 0 amide bonds. The number of nitrogens with two attached hydrogens (primary N) is 1. The first-order valence-corrected chi connectivity index (χ1v) is 12.1. The first kappa shape index (κ1) is 25.0. The number of hydrogen-bond acceptors (Lipinski definition) is 6. The normalized spacial score (nSPS) is 14.8. The lowest BCUT2D eigenvalue weighted by Gasteiger charge is -2.21. The van der Waals surface area contributed by atoms with Gasteiger partial charge in [-0.05, 0) is 69.4 Å². The van der Waals surface area contributed by atoms with Gasteiger partial charge in [0.05, 0.1) is 23.4 Å². The van der Waals surface area contributed by atoms with Crippen LogP contribution in [0.5, 0.6) is 5.75 Å². The lowest BCUT2D eigenvalue weighted by atomic mass is 9.84. The van der Waals surface area contributed by atoms with E-state index in [1.807, 2.05) is 55.5 Å². The summed E-state index contributed by atoms with van der Waals surface area (Å²) in [7, 11) is 0. The summed E-state index contributed by atoms with van der Waals surface area (Å²) >= 11 is 0. The second-order valence-corrected chi connectivity index (χ2v) is 9.63. The summed E-state index contributed by atoms with van der Waals surface area (Å²) in [5, 5.41) is 12.9. The van der Waals surface area contributed by atoms with Gasteiger partial charge >= 0.3 is 5.97 Å². The van der Waals surface area contributed by atoms with Crippen LogP contribution in [0.4, 0.5) is 11.5 Å². The van der Waals surface area contributed by atoms with Gasteiger partial charge in [0.25, 0.3) is 0 Å². The third kappa shape index (κ3) is 5.92. The van der Waals surface area contributed by atoms with E-state index in [1.165, 1.54) is 6.42 Å². The van der Waals surface area contributed by atoms with Crippen molar-refractivity contribution < 1.29 is 14.6 Å². The van der Waals surface area contributed by atoms with Gasteiger partial charge in [-0.3, -0.25) is 9.79 Å². The molecule has 1 aromatic heterocycles. The number of rotatable bonds is 9. The van der Waals surface area contributed by atoms with Crippen molar-refractivity contribution in [1.82, 2.24) is 4.98 Å². The van der Waals surface area contributed by atoms with Gasteiger partial charge in [-0.2, -0.15) is 0 Å². The number of nitrogens with zero attached hydrogens (tertiary/aromatic N) is 2. The molecule has 7 heteroatoms. The Labute approximate surface area is 211 Å². The Morgan fingerprint density at radius 3 is 2.58 bits per heavy atom. The summed E-state index contributed by atoms with van der Waals surface area (Å²) in [5.41, 5.74) is 9.22. The van der Waals surface area contributed by atoms with Crippen molar-refractivity contribution in [3.05, 3.63) is 89.3 Å². The van der Waals surface area contributed by atoms with Gasteiger partial charge in [0.2, 0.25) is 0 Å². The van der Waals surface area contributed by atoms with Gasteiger partial charge in [-0.25, -0.2) is 4.98 Å². The monoisotopic (exact) mass is 484 g/mol. The van der Waals surface area contributed by atoms with Crippen molar-refractivity contribution >= 4 is 29.4 Å². The molecule has 0 bridgehead atoms. The van der Waals surface area contributed by atoms with E-state index in [2.05, 4.69) is 15.3 Å². The van der Waals surface area contributed by atoms with E-state index in [0.29, 0.717) is 34.6 Å². The van der Waals surface area contributed by atoms with Crippen LogP contribution in [0.3, 0.4) is 0 Å². The smallest absolute Gasteiger partial charge is 0.313 e. The average Bonchev–Trinajstić information content (AvgIpc) is 2.82. The van der Waals surface area contributed by atoms with E-state index in [9.17, 15) is 9.90 Å². The molecule has 0 aliphatic heterocycles. The fourth-order valence-electron chi connectivity index (χ4n) is 3.78. The summed E-state index contributed by atoms with van der Waals surface area (Å²) < 4.78 is 6.21. The molecule has 2 aromatic carbocycles. The van der Waals surface area contributed by atoms with Gasteiger partial charge in [0.15, 0.2) is 5.76 Å². The van der Waals surface area contributed by atoms with Crippen LogP contribution >= 0.6 is 0 Å². The number of pyridine rings is 1. The molecule has 0 saturated heterocycles. The lowest BCUT2D eigenvalue weighted by Crippen LogP contribution is -2.28. The van der Waals surface area contributed by atoms with Crippen molar-refractivity contribution in [2.45, 2.75) is 51.5 Å². The largest absolute Gasteiger partial charge is 0.481 e. The number of ether oxygens (including phenoxy) is 1. The van der Waals surface area contributed by atoms with E-state index in [-0.39, 0.29) is 0 Å². The third-order valence-corrected chi connectivity index (χ3v) is 6.39. The Hall–Kier alpha value is -4.13. The number of carboxylic acid groups (broad SMARTS) is 1. The highest BCUT2D eigenvalue weighted by Crippen LogP contribution is 2.30. The molecule has 0 unspecified atom stereocenters. The van der Waals surface area contributed by atoms with Crippen molar-refractivity contribution in [2.75, 3.05) is 5.32 Å². The zero-order chi connectivity index (χ0) is 25.7.